The van der Waals surface area contributed by atoms with Crippen molar-refractivity contribution in [2.45, 2.75) is 6.18 Å². The van der Waals surface area contributed by atoms with Crippen LogP contribution >= 0.6 is 0 Å². The SMILES string of the molecule is O=Cc1cn(-c2cccc(N3CC(C(=O)O)C3)c2)c2ccc(C(F)(F)F)cc12. The monoisotopic (exact) mass is 388 g/mol. The molecule has 3 aromatic rings. The molecule has 1 aliphatic rings. The van der Waals surface area contributed by atoms with Crippen molar-refractivity contribution in [3.8, 4) is 5.69 Å². The van der Waals surface area contributed by atoms with Crippen LogP contribution in [-0.2, 0) is 11.0 Å². The van der Waals surface area contributed by atoms with Gasteiger partial charge in [-0.05, 0) is 36.4 Å². The van der Waals surface area contributed by atoms with Gasteiger partial charge in [-0.25, -0.2) is 0 Å². The van der Waals surface area contributed by atoms with Crippen LogP contribution in [0.1, 0.15) is 15.9 Å². The Balaban J connectivity index is 1.75. The van der Waals surface area contributed by atoms with Crippen molar-refractivity contribution < 1.29 is 27.9 Å². The lowest BCUT2D eigenvalue weighted by Gasteiger charge is -2.38. The molecule has 0 amide bonds. The summed E-state index contributed by atoms with van der Waals surface area (Å²) in [5.41, 5.74) is 1.33. The maximum atomic E-state index is 13.0. The van der Waals surface area contributed by atoms with Crippen LogP contribution in [0.15, 0.2) is 48.7 Å². The number of carboxylic acid groups (broad SMARTS) is 1. The minimum Gasteiger partial charge on any atom is -0.481 e. The average Bonchev–Trinajstić information content (AvgIpc) is 2.97. The molecule has 1 aromatic heterocycles. The second kappa shape index (κ2) is 6.40. The summed E-state index contributed by atoms with van der Waals surface area (Å²) in [7, 11) is 0. The Bertz CT molecular complexity index is 1080. The lowest BCUT2D eigenvalue weighted by molar-refractivity contribution is -0.142. The quantitative estimate of drug-likeness (QED) is 0.687. The molecule has 0 radical (unpaired) electrons. The number of aliphatic carboxylic acids is 1. The van der Waals surface area contributed by atoms with E-state index in [1.54, 1.807) is 16.7 Å². The van der Waals surface area contributed by atoms with E-state index in [2.05, 4.69) is 0 Å². The summed E-state index contributed by atoms with van der Waals surface area (Å²) in [6.45, 7) is 0.805. The number of halogens is 3. The van der Waals surface area contributed by atoms with Gasteiger partial charge in [0.25, 0.3) is 0 Å². The van der Waals surface area contributed by atoms with Gasteiger partial charge >= 0.3 is 12.1 Å². The maximum absolute atomic E-state index is 13.0. The van der Waals surface area contributed by atoms with Gasteiger partial charge in [0.2, 0.25) is 0 Å². The van der Waals surface area contributed by atoms with E-state index in [-0.39, 0.29) is 10.9 Å². The number of aromatic nitrogens is 1. The van der Waals surface area contributed by atoms with E-state index in [1.165, 1.54) is 12.3 Å². The molecule has 0 atom stereocenters. The predicted octanol–water partition coefficient (Wildman–Crippen LogP) is 3.98. The molecule has 144 valence electrons. The van der Waals surface area contributed by atoms with Crippen molar-refractivity contribution in [2.24, 2.45) is 5.92 Å². The van der Waals surface area contributed by atoms with E-state index in [1.807, 2.05) is 17.0 Å². The Labute approximate surface area is 157 Å². The summed E-state index contributed by atoms with van der Waals surface area (Å²) in [6.07, 6.45) is -2.45. The highest BCUT2D eigenvalue weighted by molar-refractivity contribution is 5.99. The number of anilines is 1. The van der Waals surface area contributed by atoms with Gasteiger partial charge in [0.15, 0.2) is 6.29 Å². The highest BCUT2D eigenvalue weighted by Crippen LogP contribution is 2.34. The number of hydrogen-bond donors (Lipinski definition) is 1. The number of carbonyl (C=O) groups is 2. The number of carbonyl (C=O) groups excluding carboxylic acids is 1. The lowest BCUT2D eigenvalue weighted by Crippen LogP contribution is -2.50. The van der Waals surface area contributed by atoms with Crippen LogP contribution in [0.5, 0.6) is 0 Å². The van der Waals surface area contributed by atoms with Gasteiger partial charge in [0.05, 0.1) is 17.0 Å². The van der Waals surface area contributed by atoms with E-state index in [0.717, 1.165) is 17.8 Å². The minimum absolute atomic E-state index is 0.168. The molecule has 1 fully saturated rings. The first-order valence-electron chi connectivity index (χ1n) is 8.53. The smallest absolute Gasteiger partial charge is 0.416 e. The van der Waals surface area contributed by atoms with E-state index in [0.29, 0.717) is 30.6 Å². The van der Waals surface area contributed by atoms with Gasteiger partial charge in [0, 0.05) is 41.6 Å². The Morgan fingerprint density at radius 3 is 2.46 bits per heavy atom. The zero-order chi connectivity index (χ0) is 20.1. The normalized spacial score (nSPS) is 14.9. The third-order valence-corrected chi connectivity index (χ3v) is 4.99. The lowest BCUT2D eigenvalue weighted by atomic mass is 9.99. The van der Waals surface area contributed by atoms with Crippen LogP contribution in [0.3, 0.4) is 0 Å². The van der Waals surface area contributed by atoms with Crippen LogP contribution < -0.4 is 4.90 Å². The fraction of sp³-hybridized carbons (Fsp3) is 0.200. The second-order valence-corrected chi connectivity index (χ2v) is 6.76. The van der Waals surface area contributed by atoms with Gasteiger partial charge in [-0.2, -0.15) is 13.2 Å². The number of aldehydes is 1. The summed E-state index contributed by atoms with van der Waals surface area (Å²) in [5, 5.41) is 9.24. The maximum Gasteiger partial charge on any atom is 0.416 e. The molecular weight excluding hydrogens is 373 g/mol. The second-order valence-electron chi connectivity index (χ2n) is 6.76. The zero-order valence-electron chi connectivity index (χ0n) is 14.5. The third kappa shape index (κ3) is 3.00. The number of alkyl halides is 3. The zero-order valence-corrected chi connectivity index (χ0v) is 14.5. The topological polar surface area (TPSA) is 62.5 Å². The average molecular weight is 388 g/mol. The van der Waals surface area contributed by atoms with Crippen LogP contribution in [0.4, 0.5) is 18.9 Å². The summed E-state index contributed by atoms with van der Waals surface area (Å²) in [6, 6.07) is 10.6. The van der Waals surface area contributed by atoms with Gasteiger partial charge < -0.3 is 14.6 Å². The van der Waals surface area contributed by atoms with Gasteiger partial charge in [-0.1, -0.05) is 6.07 Å². The summed E-state index contributed by atoms with van der Waals surface area (Å²) < 4.78 is 40.7. The van der Waals surface area contributed by atoms with Gasteiger partial charge in [-0.15, -0.1) is 0 Å². The van der Waals surface area contributed by atoms with Crippen molar-refractivity contribution >= 4 is 28.8 Å². The summed E-state index contributed by atoms with van der Waals surface area (Å²) >= 11 is 0. The van der Waals surface area contributed by atoms with Crippen LogP contribution in [0, 0.1) is 5.92 Å². The van der Waals surface area contributed by atoms with E-state index >= 15 is 0 Å². The number of rotatable bonds is 4. The first-order valence-corrected chi connectivity index (χ1v) is 8.53. The molecular formula is C20H15F3N2O3. The molecule has 5 nitrogen and oxygen atoms in total. The van der Waals surface area contributed by atoms with Crippen molar-refractivity contribution in [3.05, 3.63) is 59.8 Å². The fourth-order valence-electron chi connectivity index (χ4n) is 3.42. The molecule has 2 heterocycles. The molecule has 28 heavy (non-hydrogen) atoms. The molecule has 0 aliphatic carbocycles. The van der Waals surface area contributed by atoms with E-state index < -0.39 is 23.6 Å². The first-order chi connectivity index (χ1) is 13.3. The van der Waals surface area contributed by atoms with Crippen molar-refractivity contribution in [1.82, 2.24) is 4.57 Å². The fourth-order valence-corrected chi connectivity index (χ4v) is 3.42. The number of benzene rings is 2. The van der Waals surface area contributed by atoms with Gasteiger partial charge in [-0.3, -0.25) is 9.59 Å². The number of carboxylic acids is 1. The van der Waals surface area contributed by atoms with Crippen LogP contribution in [0.2, 0.25) is 0 Å². The molecule has 1 N–H and O–H groups in total. The van der Waals surface area contributed by atoms with E-state index in [4.69, 9.17) is 5.11 Å². The Morgan fingerprint density at radius 1 is 1.11 bits per heavy atom. The van der Waals surface area contributed by atoms with Crippen LogP contribution in [0.25, 0.3) is 16.6 Å². The standard InChI is InChI=1S/C20H15F3N2O3/c21-20(22,23)14-4-5-18-17(6-14)13(11-26)10-25(18)16-3-1-2-15(7-16)24-8-12(9-24)19(27)28/h1-7,10-12H,8-9H2,(H,27,28). The van der Waals surface area contributed by atoms with Crippen LogP contribution in [-0.4, -0.2) is 35.0 Å². The molecule has 0 saturated carbocycles. The van der Waals surface area contributed by atoms with Crippen molar-refractivity contribution in [3.63, 3.8) is 0 Å². The number of nitrogens with zero attached hydrogens (tertiary/aromatic N) is 2. The Hall–Kier alpha value is -3.29. The minimum atomic E-state index is -4.49. The van der Waals surface area contributed by atoms with E-state index in [9.17, 15) is 22.8 Å². The molecule has 0 unspecified atom stereocenters. The highest BCUT2D eigenvalue weighted by atomic mass is 19.4. The number of hydrogen-bond acceptors (Lipinski definition) is 3. The van der Waals surface area contributed by atoms with Gasteiger partial charge in [0.1, 0.15) is 0 Å². The first kappa shape index (κ1) is 18.1. The molecule has 8 heteroatoms. The molecule has 0 bridgehead atoms. The van der Waals surface area contributed by atoms with Crippen molar-refractivity contribution in [1.29, 1.82) is 0 Å². The summed E-state index contributed by atoms with van der Waals surface area (Å²) in [5.74, 6) is -1.24. The number of fused-ring (bicyclic) bond motifs is 1. The predicted molar refractivity (Wildman–Crippen MR) is 97.0 cm³/mol. The Morgan fingerprint density at radius 2 is 1.82 bits per heavy atom. The molecule has 1 aliphatic heterocycles. The summed E-state index contributed by atoms with van der Waals surface area (Å²) in [4.78, 5) is 24.3. The molecule has 1 saturated heterocycles. The third-order valence-electron chi connectivity index (χ3n) is 4.99. The highest BCUT2D eigenvalue weighted by Gasteiger charge is 2.33. The molecule has 4 rings (SSSR count). The molecule has 0 spiro atoms. The molecule has 2 aromatic carbocycles. The largest absolute Gasteiger partial charge is 0.481 e. The van der Waals surface area contributed by atoms with Crippen molar-refractivity contribution in [2.75, 3.05) is 18.0 Å². The Kier molecular flexibility index (Phi) is 4.14.